The normalized spacial score (nSPS) is 22.1. The molecular weight excluding hydrogens is 402 g/mol. The Morgan fingerprint density at radius 3 is 2.50 bits per heavy atom. The number of aromatic nitrogens is 5. The number of hydrogen-bond acceptors (Lipinski definition) is 7. The Balaban J connectivity index is 1.45. The smallest absolute Gasteiger partial charge is 0.273 e. The molecule has 2 bridgehead atoms. The largest absolute Gasteiger partial charge is 0.349 e. The number of carbonyl (C=O) groups is 1. The molecule has 1 amide bonds. The van der Waals surface area contributed by atoms with Gasteiger partial charge in [-0.1, -0.05) is 0 Å². The van der Waals surface area contributed by atoms with E-state index in [4.69, 9.17) is 0 Å². The molecule has 3 unspecified atom stereocenters. The number of nitrogens with one attached hydrogen (secondary N) is 1. The number of carbonyl (C=O) groups excluding carboxylic acids is 1. The van der Waals surface area contributed by atoms with E-state index in [1.165, 1.54) is 0 Å². The van der Waals surface area contributed by atoms with E-state index in [0.29, 0.717) is 28.9 Å². The summed E-state index contributed by atoms with van der Waals surface area (Å²) in [4.78, 5) is 38.1. The Kier molecular flexibility index (Phi) is 5.28. The summed E-state index contributed by atoms with van der Waals surface area (Å²) in [7, 11) is 0. The second kappa shape index (κ2) is 8.26. The molecule has 0 aromatic carbocycles. The molecule has 0 spiro atoms. The van der Waals surface area contributed by atoms with Crippen molar-refractivity contribution in [2.24, 2.45) is 5.92 Å². The van der Waals surface area contributed by atoms with Gasteiger partial charge in [0, 0.05) is 42.6 Å². The number of amides is 1. The number of fused-ring (bicyclic) bond motifs is 3. The Bertz CT molecular complexity index is 1130. The average Bonchev–Trinajstić information content (AvgIpc) is 2.79. The van der Waals surface area contributed by atoms with E-state index >= 15 is 0 Å². The summed E-state index contributed by atoms with van der Waals surface area (Å²) >= 11 is 0. The molecule has 3 aromatic rings. The zero-order valence-electron chi connectivity index (χ0n) is 18.6. The lowest BCUT2D eigenvalue weighted by Gasteiger charge is -2.50. The van der Waals surface area contributed by atoms with Gasteiger partial charge in [-0.3, -0.25) is 9.78 Å². The molecule has 5 heterocycles. The predicted octanol–water partition coefficient (Wildman–Crippen LogP) is 3.36. The predicted molar refractivity (Wildman–Crippen MR) is 121 cm³/mol. The van der Waals surface area contributed by atoms with E-state index in [1.54, 1.807) is 24.7 Å². The monoisotopic (exact) mass is 429 g/mol. The summed E-state index contributed by atoms with van der Waals surface area (Å²) in [5.74, 6) is 1.55. The third kappa shape index (κ3) is 3.92. The molecule has 8 nitrogen and oxygen atoms in total. The van der Waals surface area contributed by atoms with Crippen LogP contribution in [-0.4, -0.2) is 54.4 Å². The molecule has 8 heteroatoms. The van der Waals surface area contributed by atoms with Crippen LogP contribution in [0, 0.1) is 26.7 Å². The zero-order valence-corrected chi connectivity index (χ0v) is 18.6. The summed E-state index contributed by atoms with van der Waals surface area (Å²) in [6.07, 6.45) is 8.22. The van der Waals surface area contributed by atoms with Crippen molar-refractivity contribution >= 4 is 11.9 Å². The number of anilines is 1. The van der Waals surface area contributed by atoms with Gasteiger partial charge >= 0.3 is 0 Å². The van der Waals surface area contributed by atoms with Crippen molar-refractivity contribution in [2.45, 2.75) is 52.1 Å². The minimum atomic E-state index is -0.0602. The second-order valence-electron chi connectivity index (χ2n) is 8.91. The fourth-order valence-corrected chi connectivity index (χ4v) is 5.02. The van der Waals surface area contributed by atoms with E-state index in [9.17, 15) is 4.79 Å². The highest BCUT2D eigenvalue weighted by Gasteiger charge is 2.44. The number of piperidine rings is 2. The van der Waals surface area contributed by atoms with Crippen LogP contribution >= 0.6 is 0 Å². The molecule has 1 aliphatic carbocycles. The number of pyridine rings is 1. The Labute approximate surface area is 187 Å². The van der Waals surface area contributed by atoms with Crippen LogP contribution in [0.15, 0.2) is 36.8 Å². The Hall–Kier alpha value is -3.42. The minimum Gasteiger partial charge on any atom is -0.349 e. The van der Waals surface area contributed by atoms with Crippen molar-refractivity contribution in [1.29, 1.82) is 0 Å². The Morgan fingerprint density at radius 1 is 1.03 bits per heavy atom. The molecular formula is C24H27N7O. The van der Waals surface area contributed by atoms with Crippen molar-refractivity contribution in [3.05, 3.63) is 59.4 Å². The van der Waals surface area contributed by atoms with Crippen LogP contribution < -0.4 is 5.32 Å². The number of nitrogens with zero attached hydrogens (tertiary/aromatic N) is 6. The van der Waals surface area contributed by atoms with Crippen LogP contribution in [-0.2, 0) is 0 Å². The molecule has 0 radical (unpaired) electrons. The molecule has 3 aromatic heterocycles. The summed E-state index contributed by atoms with van der Waals surface area (Å²) in [6, 6.07) is 5.86. The SMILES string of the molecule is Cc1cnc(C(=O)N2CC3CCC2C(Nc2nc(C)cc(C)n2)C3)c(-c2ncccn2)c1. The molecule has 3 atom stereocenters. The third-order valence-electron chi connectivity index (χ3n) is 6.37. The van der Waals surface area contributed by atoms with Crippen molar-refractivity contribution in [1.82, 2.24) is 29.8 Å². The van der Waals surface area contributed by atoms with Gasteiger partial charge in [0.05, 0.1) is 11.6 Å². The van der Waals surface area contributed by atoms with Gasteiger partial charge in [0.25, 0.3) is 5.91 Å². The number of hydrogen-bond donors (Lipinski definition) is 1. The van der Waals surface area contributed by atoms with Crippen molar-refractivity contribution in [3.8, 4) is 11.4 Å². The van der Waals surface area contributed by atoms with Crippen molar-refractivity contribution in [2.75, 3.05) is 11.9 Å². The van der Waals surface area contributed by atoms with Crippen LogP contribution in [0.3, 0.4) is 0 Å². The minimum absolute atomic E-state index is 0.0602. The second-order valence-corrected chi connectivity index (χ2v) is 8.91. The molecule has 3 aliphatic rings. The fraction of sp³-hybridized carbons (Fsp3) is 0.417. The van der Waals surface area contributed by atoms with Crippen LogP contribution in [0.1, 0.15) is 46.7 Å². The number of rotatable bonds is 4. The Morgan fingerprint density at radius 2 is 1.78 bits per heavy atom. The summed E-state index contributed by atoms with van der Waals surface area (Å²) in [6.45, 7) is 6.65. The maximum Gasteiger partial charge on any atom is 0.273 e. The van der Waals surface area contributed by atoms with Crippen molar-refractivity contribution < 1.29 is 4.79 Å². The zero-order chi connectivity index (χ0) is 22.2. The first-order valence-corrected chi connectivity index (χ1v) is 11.1. The lowest BCUT2D eigenvalue weighted by Crippen LogP contribution is -2.60. The molecule has 1 saturated carbocycles. The molecule has 164 valence electrons. The topological polar surface area (TPSA) is 96.8 Å². The van der Waals surface area contributed by atoms with Gasteiger partial charge in [0.1, 0.15) is 5.69 Å². The summed E-state index contributed by atoms with van der Waals surface area (Å²) in [5.41, 5.74) is 3.93. The quantitative estimate of drug-likeness (QED) is 0.679. The number of aryl methyl sites for hydroxylation is 3. The standard InChI is InChI=1S/C24H27N7O/c1-14-9-18(22-25-7-4-8-26-22)21(27-12-14)23(32)31-13-17-5-6-20(31)19(11-17)30-24-28-15(2)10-16(3)29-24/h4,7-10,12,17,19-20H,5-6,11,13H2,1-3H3,(H,28,29,30). The average molecular weight is 430 g/mol. The first kappa shape index (κ1) is 20.5. The van der Waals surface area contributed by atoms with E-state index < -0.39 is 0 Å². The van der Waals surface area contributed by atoms with Crippen LogP contribution in [0.2, 0.25) is 0 Å². The lowest BCUT2D eigenvalue weighted by atomic mass is 9.76. The third-order valence-corrected chi connectivity index (χ3v) is 6.37. The van der Waals surface area contributed by atoms with Gasteiger partial charge in [-0.05, 0) is 69.7 Å². The highest BCUT2D eigenvalue weighted by Crippen LogP contribution is 2.37. The van der Waals surface area contributed by atoms with E-state index in [0.717, 1.165) is 42.8 Å². The van der Waals surface area contributed by atoms with Gasteiger partial charge in [-0.15, -0.1) is 0 Å². The fourth-order valence-electron chi connectivity index (χ4n) is 5.02. The summed E-state index contributed by atoms with van der Waals surface area (Å²) in [5, 5.41) is 3.52. The lowest BCUT2D eigenvalue weighted by molar-refractivity contribution is 0.0276. The molecule has 2 saturated heterocycles. The van der Waals surface area contributed by atoms with Crippen LogP contribution in [0.5, 0.6) is 0 Å². The maximum atomic E-state index is 13.8. The van der Waals surface area contributed by atoms with E-state index in [2.05, 4.69) is 30.2 Å². The summed E-state index contributed by atoms with van der Waals surface area (Å²) < 4.78 is 0. The molecule has 32 heavy (non-hydrogen) atoms. The van der Waals surface area contributed by atoms with Gasteiger partial charge in [0.2, 0.25) is 5.95 Å². The van der Waals surface area contributed by atoms with Gasteiger partial charge in [-0.2, -0.15) is 0 Å². The van der Waals surface area contributed by atoms with Crippen LogP contribution in [0.4, 0.5) is 5.95 Å². The van der Waals surface area contributed by atoms with Gasteiger partial charge in [0.15, 0.2) is 5.82 Å². The molecule has 6 rings (SSSR count). The van der Waals surface area contributed by atoms with E-state index in [1.807, 2.05) is 37.8 Å². The molecule has 3 fully saturated rings. The first-order chi connectivity index (χ1) is 15.5. The van der Waals surface area contributed by atoms with E-state index in [-0.39, 0.29) is 18.0 Å². The molecule has 1 N–H and O–H groups in total. The highest BCUT2D eigenvalue weighted by molar-refractivity contribution is 5.98. The van der Waals surface area contributed by atoms with Crippen LogP contribution in [0.25, 0.3) is 11.4 Å². The van der Waals surface area contributed by atoms with Crippen molar-refractivity contribution in [3.63, 3.8) is 0 Å². The first-order valence-electron chi connectivity index (χ1n) is 11.1. The highest BCUT2D eigenvalue weighted by atomic mass is 16.2. The van der Waals surface area contributed by atoms with Gasteiger partial charge < -0.3 is 10.2 Å². The molecule has 2 aliphatic heterocycles. The maximum absolute atomic E-state index is 13.8. The van der Waals surface area contributed by atoms with Gasteiger partial charge in [-0.25, -0.2) is 19.9 Å².